The summed E-state index contributed by atoms with van der Waals surface area (Å²) in [6.07, 6.45) is 0. The van der Waals surface area contributed by atoms with Crippen LogP contribution in [-0.4, -0.2) is 18.9 Å². The summed E-state index contributed by atoms with van der Waals surface area (Å²) in [4.78, 5) is 16.2. The molecule has 0 aromatic heterocycles. The Morgan fingerprint density at radius 2 is 1.77 bits per heavy atom. The van der Waals surface area contributed by atoms with E-state index in [0.29, 0.717) is 17.0 Å². The molecule has 0 saturated carbocycles. The van der Waals surface area contributed by atoms with Crippen LogP contribution in [0.1, 0.15) is 11.5 Å². The standard InChI is InChI=1S/C24H19N3O2S/c1-29-17-11-7-10-16(14-17)27-22(25)21(20(24(27)28)15-8-3-2-4-9-15)23-26-18-12-5-6-13-19(18)30-23/h2-14,20,25-26H,1H3/b23-21-,25-22?/t20-/m0/s1. The Labute approximate surface area is 178 Å². The monoisotopic (exact) mass is 413 g/mol. The minimum absolute atomic E-state index is 0.139. The number of thioether (sulfide) groups is 1. The number of hydrogen-bond acceptors (Lipinski definition) is 5. The van der Waals surface area contributed by atoms with Crippen molar-refractivity contribution in [2.45, 2.75) is 10.8 Å². The van der Waals surface area contributed by atoms with Gasteiger partial charge in [-0.1, -0.05) is 60.3 Å². The minimum atomic E-state index is -0.547. The third kappa shape index (κ3) is 2.97. The second-order valence-corrected chi connectivity index (χ2v) is 8.09. The maximum atomic E-state index is 13.6. The average Bonchev–Trinajstić information content (AvgIpc) is 3.32. The van der Waals surface area contributed by atoms with E-state index in [-0.39, 0.29) is 11.7 Å². The van der Waals surface area contributed by atoms with Crippen molar-refractivity contribution in [3.05, 3.63) is 95.0 Å². The molecule has 148 valence electrons. The smallest absolute Gasteiger partial charge is 0.244 e. The molecule has 0 spiro atoms. The van der Waals surface area contributed by atoms with Crippen molar-refractivity contribution in [3.63, 3.8) is 0 Å². The molecule has 1 saturated heterocycles. The third-order valence-corrected chi connectivity index (χ3v) is 6.37. The van der Waals surface area contributed by atoms with E-state index in [4.69, 9.17) is 10.1 Å². The summed E-state index contributed by atoms with van der Waals surface area (Å²) in [6, 6.07) is 24.9. The molecule has 5 rings (SSSR count). The van der Waals surface area contributed by atoms with Gasteiger partial charge in [-0.2, -0.15) is 0 Å². The molecule has 3 aromatic rings. The largest absolute Gasteiger partial charge is 0.497 e. The molecule has 2 aliphatic rings. The predicted octanol–water partition coefficient (Wildman–Crippen LogP) is 5.23. The van der Waals surface area contributed by atoms with Gasteiger partial charge < -0.3 is 10.1 Å². The quantitative estimate of drug-likeness (QED) is 0.617. The SMILES string of the molecule is COc1cccc(N2C(=N)/C(=C3/Nc4ccccc4S3)[C@H](c3ccccc3)C2=O)c1. The zero-order valence-electron chi connectivity index (χ0n) is 16.3. The first-order valence-electron chi connectivity index (χ1n) is 9.57. The highest BCUT2D eigenvalue weighted by Gasteiger charge is 2.45. The molecule has 1 amide bonds. The number of para-hydroxylation sites is 1. The number of amidine groups is 1. The molecule has 2 aliphatic heterocycles. The summed E-state index contributed by atoms with van der Waals surface area (Å²) >= 11 is 1.57. The van der Waals surface area contributed by atoms with E-state index < -0.39 is 5.92 Å². The van der Waals surface area contributed by atoms with E-state index in [1.807, 2.05) is 72.8 Å². The Hall–Kier alpha value is -3.51. The number of benzene rings is 3. The zero-order valence-corrected chi connectivity index (χ0v) is 17.1. The summed E-state index contributed by atoms with van der Waals surface area (Å²) < 4.78 is 5.33. The van der Waals surface area contributed by atoms with Gasteiger partial charge in [-0.15, -0.1) is 0 Å². The summed E-state index contributed by atoms with van der Waals surface area (Å²) in [5.41, 5.74) is 3.19. The predicted molar refractivity (Wildman–Crippen MR) is 120 cm³/mol. The van der Waals surface area contributed by atoms with Crippen molar-refractivity contribution in [2.75, 3.05) is 17.3 Å². The van der Waals surface area contributed by atoms with Gasteiger partial charge in [0, 0.05) is 16.5 Å². The Bertz CT molecular complexity index is 1160. The summed E-state index contributed by atoms with van der Waals surface area (Å²) in [5, 5.41) is 13.2. The number of rotatable bonds is 3. The number of nitrogens with zero attached hydrogens (tertiary/aromatic N) is 1. The van der Waals surface area contributed by atoms with Crippen LogP contribution in [0.25, 0.3) is 0 Å². The highest BCUT2D eigenvalue weighted by molar-refractivity contribution is 8.03. The van der Waals surface area contributed by atoms with Crippen molar-refractivity contribution in [2.24, 2.45) is 0 Å². The molecule has 0 unspecified atom stereocenters. The number of anilines is 2. The van der Waals surface area contributed by atoms with Gasteiger partial charge in [-0.3, -0.25) is 15.1 Å². The van der Waals surface area contributed by atoms with Crippen molar-refractivity contribution in [1.82, 2.24) is 0 Å². The summed E-state index contributed by atoms with van der Waals surface area (Å²) in [5.74, 6) is 0.144. The van der Waals surface area contributed by atoms with Gasteiger partial charge >= 0.3 is 0 Å². The van der Waals surface area contributed by atoms with Crippen LogP contribution in [0.4, 0.5) is 11.4 Å². The van der Waals surface area contributed by atoms with Crippen LogP contribution < -0.4 is 15.0 Å². The molecule has 0 aliphatic carbocycles. The van der Waals surface area contributed by atoms with Crippen LogP contribution in [0.3, 0.4) is 0 Å². The lowest BCUT2D eigenvalue weighted by atomic mass is 9.93. The fourth-order valence-electron chi connectivity index (χ4n) is 3.86. The summed E-state index contributed by atoms with van der Waals surface area (Å²) in [7, 11) is 1.59. The molecule has 2 N–H and O–H groups in total. The van der Waals surface area contributed by atoms with E-state index >= 15 is 0 Å². The normalized spacial score (nSPS) is 20.3. The second-order valence-electron chi connectivity index (χ2n) is 7.03. The first kappa shape index (κ1) is 18.5. The number of fused-ring (bicyclic) bond motifs is 1. The lowest BCUT2D eigenvalue weighted by Gasteiger charge is -2.17. The Kier molecular flexibility index (Phi) is 4.56. The Morgan fingerprint density at radius 1 is 1.00 bits per heavy atom. The van der Waals surface area contributed by atoms with Gasteiger partial charge in [0.2, 0.25) is 5.91 Å². The Morgan fingerprint density at radius 3 is 2.53 bits per heavy atom. The second kappa shape index (κ2) is 7.39. The highest BCUT2D eigenvalue weighted by atomic mass is 32.2. The van der Waals surface area contributed by atoms with Gasteiger partial charge in [-0.25, -0.2) is 0 Å². The molecule has 1 atom stereocenters. The number of hydrogen-bond donors (Lipinski definition) is 2. The lowest BCUT2D eigenvalue weighted by Crippen LogP contribution is -2.29. The maximum absolute atomic E-state index is 13.6. The van der Waals surface area contributed by atoms with Gasteiger partial charge in [0.05, 0.1) is 29.4 Å². The van der Waals surface area contributed by atoms with E-state index in [0.717, 1.165) is 21.2 Å². The molecule has 2 heterocycles. The fraction of sp³-hybridized carbons (Fsp3) is 0.0833. The van der Waals surface area contributed by atoms with Crippen LogP contribution >= 0.6 is 11.8 Å². The van der Waals surface area contributed by atoms with Crippen LogP contribution in [0, 0.1) is 5.41 Å². The first-order valence-corrected chi connectivity index (χ1v) is 10.4. The summed E-state index contributed by atoms with van der Waals surface area (Å²) in [6.45, 7) is 0. The van der Waals surface area contributed by atoms with Gasteiger partial charge in [0.25, 0.3) is 0 Å². The molecular formula is C24H19N3O2S. The maximum Gasteiger partial charge on any atom is 0.244 e. The highest BCUT2D eigenvalue weighted by Crippen LogP contribution is 2.48. The van der Waals surface area contributed by atoms with Crippen molar-refractivity contribution < 1.29 is 9.53 Å². The number of methoxy groups -OCH3 is 1. The van der Waals surface area contributed by atoms with Gasteiger partial charge in [0.1, 0.15) is 11.6 Å². The third-order valence-electron chi connectivity index (χ3n) is 5.27. The van der Waals surface area contributed by atoms with Crippen molar-refractivity contribution in [3.8, 4) is 5.75 Å². The number of carbonyl (C=O) groups is 1. The average molecular weight is 414 g/mol. The number of nitrogens with one attached hydrogen (secondary N) is 2. The topological polar surface area (TPSA) is 65.4 Å². The number of carbonyl (C=O) groups excluding carboxylic acids is 1. The van der Waals surface area contributed by atoms with Crippen LogP contribution in [-0.2, 0) is 4.79 Å². The molecule has 1 fully saturated rings. The number of amides is 1. The molecule has 30 heavy (non-hydrogen) atoms. The zero-order chi connectivity index (χ0) is 20.7. The Balaban J connectivity index is 1.65. The van der Waals surface area contributed by atoms with Gasteiger partial charge in [-0.05, 0) is 29.8 Å². The molecule has 5 nitrogen and oxygen atoms in total. The molecule has 3 aromatic carbocycles. The van der Waals surface area contributed by atoms with Crippen LogP contribution in [0.5, 0.6) is 5.75 Å². The van der Waals surface area contributed by atoms with E-state index in [1.54, 1.807) is 24.9 Å². The van der Waals surface area contributed by atoms with E-state index in [2.05, 4.69) is 5.32 Å². The fourth-order valence-corrected chi connectivity index (χ4v) is 4.94. The van der Waals surface area contributed by atoms with Crippen LogP contribution in [0.2, 0.25) is 0 Å². The first-order chi connectivity index (χ1) is 14.7. The molecule has 6 heteroatoms. The van der Waals surface area contributed by atoms with Crippen molar-refractivity contribution >= 4 is 34.9 Å². The van der Waals surface area contributed by atoms with Crippen molar-refractivity contribution in [1.29, 1.82) is 5.41 Å². The van der Waals surface area contributed by atoms with Gasteiger partial charge in [0.15, 0.2) is 0 Å². The molecule has 0 radical (unpaired) electrons. The lowest BCUT2D eigenvalue weighted by molar-refractivity contribution is -0.117. The van der Waals surface area contributed by atoms with E-state index in [9.17, 15) is 4.79 Å². The molecule has 0 bridgehead atoms. The minimum Gasteiger partial charge on any atom is -0.497 e. The van der Waals surface area contributed by atoms with Crippen LogP contribution in [0.15, 0.2) is 94.4 Å². The van der Waals surface area contributed by atoms with E-state index in [1.165, 1.54) is 4.90 Å². The number of ether oxygens (including phenoxy) is 1. The molecular weight excluding hydrogens is 394 g/mol.